The first-order chi connectivity index (χ1) is 15.2. The molecular weight excluding hydrogens is 408 g/mol. The molecule has 0 atom stereocenters. The molecule has 0 bridgehead atoms. The third-order valence-corrected chi connectivity index (χ3v) is 4.18. The minimum Gasteiger partial charge on any atom is -0.507 e. The number of amides is 1. The van der Waals surface area contributed by atoms with Crippen LogP contribution in [0.4, 0.5) is 0 Å². The minimum absolute atomic E-state index is 0.0269. The van der Waals surface area contributed by atoms with E-state index in [1.165, 1.54) is 12.1 Å². The van der Waals surface area contributed by atoms with E-state index in [1.807, 2.05) is 0 Å². The van der Waals surface area contributed by atoms with Crippen LogP contribution in [0.5, 0.6) is 5.75 Å². The van der Waals surface area contributed by atoms with Gasteiger partial charge in [0.05, 0.1) is 50.6 Å². The molecule has 1 aromatic carbocycles. The molecule has 1 aromatic heterocycles. The number of aromatic hydroxyl groups is 1. The van der Waals surface area contributed by atoms with Crippen LogP contribution < -0.4 is 5.32 Å². The van der Waals surface area contributed by atoms with Crippen LogP contribution in [-0.2, 0) is 25.4 Å². The Bertz CT molecular complexity index is 893. The van der Waals surface area contributed by atoms with Gasteiger partial charge in [0.2, 0.25) is 5.91 Å². The van der Waals surface area contributed by atoms with Gasteiger partial charge in [0.25, 0.3) is 0 Å². The van der Waals surface area contributed by atoms with Gasteiger partial charge in [-0.15, -0.1) is 0 Å². The van der Waals surface area contributed by atoms with Crippen LogP contribution in [0.2, 0.25) is 0 Å². The fraction of sp³-hybridized carbons (Fsp3) is 0.500. The van der Waals surface area contributed by atoms with Crippen molar-refractivity contribution in [2.75, 3.05) is 52.7 Å². The van der Waals surface area contributed by atoms with Crippen molar-refractivity contribution in [3.05, 3.63) is 40.0 Å². The molecule has 1 heterocycles. The molecule has 0 fully saturated rings. The number of rotatable bonds is 16. The van der Waals surface area contributed by atoms with Gasteiger partial charge in [0.15, 0.2) is 6.29 Å². The fourth-order valence-corrected chi connectivity index (χ4v) is 2.68. The van der Waals surface area contributed by atoms with Crippen molar-refractivity contribution in [1.82, 2.24) is 5.32 Å². The highest BCUT2D eigenvalue weighted by molar-refractivity contribution is 5.97. The quantitative estimate of drug-likeness (QED) is 0.135. The van der Waals surface area contributed by atoms with E-state index in [9.17, 15) is 14.7 Å². The van der Waals surface area contributed by atoms with Crippen molar-refractivity contribution in [2.45, 2.75) is 12.8 Å². The Kier molecular flexibility index (Phi) is 10.9. The Hall–Kier alpha value is -3.11. The van der Waals surface area contributed by atoms with Gasteiger partial charge in [-0.05, 0) is 23.7 Å². The van der Waals surface area contributed by atoms with Crippen LogP contribution in [-0.4, -0.2) is 70.0 Å². The van der Waals surface area contributed by atoms with Crippen LogP contribution in [0, 0.1) is 0 Å². The molecular formula is C20H26N4O7. The van der Waals surface area contributed by atoms with Crippen LogP contribution in [0.3, 0.4) is 0 Å². The highest BCUT2D eigenvalue weighted by atomic mass is 16.5. The second kappa shape index (κ2) is 14.0. The van der Waals surface area contributed by atoms with E-state index in [0.717, 1.165) is 0 Å². The molecule has 0 aliphatic carbocycles. The number of carbonyl (C=O) groups excluding carboxylic acids is 2. The third-order valence-electron chi connectivity index (χ3n) is 4.18. The largest absolute Gasteiger partial charge is 0.507 e. The standard InChI is InChI=1S/C20H26N4O7/c21-24-23-6-8-29-10-12-30-11-9-28-7-5-22-19(27)4-2-16-13-17-18(26)3-1-15(14-25)20(17)31-16/h1,3,13-14,26H,2,4-12H2,(H,22,27). The summed E-state index contributed by atoms with van der Waals surface area (Å²) in [7, 11) is 0. The van der Waals surface area contributed by atoms with Gasteiger partial charge in [-0.3, -0.25) is 9.59 Å². The van der Waals surface area contributed by atoms with Crippen molar-refractivity contribution in [1.29, 1.82) is 0 Å². The molecule has 0 aliphatic rings. The first-order valence-electron chi connectivity index (χ1n) is 9.86. The first-order valence-corrected chi connectivity index (χ1v) is 9.86. The predicted octanol–water partition coefficient (Wildman–Crippen LogP) is 2.36. The molecule has 0 saturated heterocycles. The lowest BCUT2D eigenvalue weighted by Crippen LogP contribution is -2.27. The predicted molar refractivity (Wildman–Crippen MR) is 111 cm³/mol. The zero-order valence-electron chi connectivity index (χ0n) is 17.1. The molecule has 0 aliphatic heterocycles. The molecule has 2 rings (SSSR count). The number of hydrogen-bond donors (Lipinski definition) is 2. The van der Waals surface area contributed by atoms with Crippen molar-refractivity contribution in [2.24, 2.45) is 5.11 Å². The SMILES string of the molecule is [N-]=[N+]=NCCOCCOCCOCCNC(=O)CCc1cc2c(O)ccc(C=O)c2o1. The number of phenolic OH excluding ortho intramolecular Hbond substituents is 1. The van der Waals surface area contributed by atoms with E-state index in [-0.39, 0.29) is 18.1 Å². The van der Waals surface area contributed by atoms with Gasteiger partial charge in [0.1, 0.15) is 17.1 Å². The lowest BCUT2D eigenvalue weighted by Gasteiger charge is -2.07. The van der Waals surface area contributed by atoms with E-state index in [4.69, 9.17) is 24.2 Å². The number of phenols is 1. The molecule has 11 heteroatoms. The molecule has 11 nitrogen and oxygen atoms in total. The fourth-order valence-electron chi connectivity index (χ4n) is 2.68. The maximum atomic E-state index is 11.9. The van der Waals surface area contributed by atoms with Gasteiger partial charge in [-0.25, -0.2) is 0 Å². The summed E-state index contributed by atoms with van der Waals surface area (Å²) >= 11 is 0. The number of hydrogen-bond acceptors (Lipinski definition) is 8. The Morgan fingerprint density at radius 2 is 1.87 bits per heavy atom. The lowest BCUT2D eigenvalue weighted by molar-refractivity contribution is -0.121. The number of carbonyl (C=O) groups is 2. The topological polar surface area (TPSA) is 156 Å². The van der Waals surface area contributed by atoms with Crippen LogP contribution in [0.15, 0.2) is 27.7 Å². The zero-order valence-corrected chi connectivity index (χ0v) is 17.1. The van der Waals surface area contributed by atoms with E-state index in [0.29, 0.717) is 87.7 Å². The molecule has 0 radical (unpaired) electrons. The smallest absolute Gasteiger partial charge is 0.220 e. The Labute approximate surface area is 178 Å². The number of azide groups is 1. The zero-order chi connectivity index (χ0) is 22.3. The van der Waals surface area contributed by atoms with Gasteiger partial charge in [-0.2, -0.15) is 0 Å². The molecule has 168 valence electrons. The Morgan fingerprint density at radius 1 is 1.16 bits per heavy atom. The number of nitrogens with zero attached hydrogens (tertiary/aromatic N) is 3. The van der Waals surface area contributed by atoms with Gasteiger partial charge in [-0.1, -0.05) is 5.11 Å². The summed E-state index contributed by atoms with van der Waals surface area (Å²) in [6.07, 6.45) is 1.22. The summed E-state index contributed by atoms with van der Waals surface area (Å²) in [4.78, 5) is 25.6. The van der Waals surface area contributed by atoms with E-state index in [2.05, 4.69) is 15.3 Å². The molecule has 31 heavy (non-hydrogen) atoms. The normalized spacial score (nSPS) is 10.7. The number of aryl methyl sites for hydroxylation is 1. The molecule has 2 aromatic rings. The van der Waals surface area contributed by atoms with Crippen LogP contribution in [0.25, 0.3) is 21.4 Å². The van der Waals surface area contributed by atoms with E-state index >= 15 is 0 Å². The monoisotopic (exact) mass is 434 g/mol. The highest BCUT2D eigenvalue weighted by Gasteiger charge is 2.13. The van der Waals surface area contributed by atoms with Crippen molar-refractivity contribution in [3.63, 3.8) is 0 Å². The summed E-state index contributed by atoms with van der Waals surface area (Å²) in [5, 5.41) is 16.4. The Balaban J connectivity index is 1.51. The number of fused-ring (bicyclic) bond motifs is 1. The number of benzene rings is 1. The number of furan rings is 1. The molecule has 2 N–H and O–H groups in total. The third kappa shape index (κ3) is 8.65. The maximum Gasteiger partial charge on any atom is 0.220 e. The first kappa shape index (κ1) is 24.2. The van der Waals surface area contributed by atoms with E-state index < -0.39 is 0 Å². The Morgan fingerprint density at radius 3 is 2.58 bits per heavy atom. The number of aldehydes is 1. The maximum absolute atomic E-state index is 11.9. The molecule has 1 amide bonds. The lowest BCUT2D eigenvalue weighted by atomic mass is 10.1. The van der Waals surface area contributed by atoms with Crippen molar-refractivity contribution in [3.8, 4) is 5.75 Å². The van der Waals surface area contributed by atoms with Crippen molar-refractivity contribution >= 4 is 23.2 Å². The van der Waals surface area contributed by atoms with Gasteiger partial charge >= 0.3 is 0 Å². The van der Waals surface area contributed by atoms with Crippen LogP contribution >= 0.6 is 0 Å². The summed E-state index contributed by atoms with van der Waals surface area (Å²) in [5.41, 5.74) is 8.77. The summed E-state index contributed by atoms with van der Waals surface area (Å²) in [6.45, 7) is 3.04. The van der Waals surface area contributed by atoms with Crippen molar-refractivity contribution < 1.29 is 33.3 Å². The second-order valence-corrected chi connectivity index (χ2v) is 6.39. The minimum atomic E-state index is -0.155. The number of nitrogens with one attached hydrogen (secondary N) is 1. The second-order valence-electron chi connectivity index (χ2n) is 6.39. The summed E-state index contributed by atoms with van der Waals surface area (Å²) in [5.74, 6) is 0.391. The number of ether oxygens (including phenoxy) is 3. The average molecular weight is 434 g/mol. The molecule has 0 spiro atoms. The highest BCUT2D eigenvalue weighted by Crippen LogP contribution is 2.30. The van der Waals surface area contributed by atoms with Gasteiger partial charge in [0, 0.05) is 30.8 Å². The van der Waals surface area contributed by atoms with E-state index in [1.54, 1.807) is 6.07 Å². The average Bonchev–Trinajstić information content (AvgIpc) is 3.21. The molecule has 0 saturated carbocycles. The van der Waals surface area contributed by atoms with Crippen LogP contribution in [0.1, 0.15) is 22.5 Å². The summed E-state index contributed by atoms with van der Waals surface area (Å²) < 4.78 is 21.5. The molecule has 0 unspecified atom stereocenters. The van der Waals surface area contributed by atoms with Gasteiger partial charge < -0.3 is 29.1 Å². The summed E-state index contributed by atoms with van der Waals surface area (Å²) in [6, 6.07) is 4.56.